The first-order valence-electron chi connectivity index (χ1n) is 9.19. The summed E-state index contributed by atoms with van der Waals surface area (Å²) in [6, 6.07) is 23.9. The Morgan fingerprint density at radius 3 is 2.69 bits per heavy atom. The third-order valence-corrected chi connectivity index (χ3v) is 5.19. The molecule has 6 heteroatoms. The first-order chi connectivity index (χ1) is 14.3. The Hall–Kier alpha value is -3.69. The average molecular weight is 398 g/mol. The van der Waals surface area contributed by atoms with Crippen LogP contribution in [0.4, 0.5) is 5.69 Å². The number of thiazole rings is 1. The molecule has 0 fully saturated rings. The molecule has 142 valence electrons. The van der Waals surface area contributed by atoms with Gasteiger partial charge < -0.3 is 4.74 Å². The first kappa shape index (κ1) is 18.7. The average Bonchev–Trinajstić information content (AvgIpc) is 3.25. The van der Waals surface area contributed by atoms with Crippen LogP contribution in [0.3, 0.4) is 0 Å². The van der Waals surface area contributed by atoms with Crippen LogP contribution in [0.5, 0.6) is 5.75 Å². The van der Waals surface area contributed by atoms with Crippen molar-refractivity contribution in [1.82, 2.24) is 4.98 Å². The standard InChI is InChI=1S/C23H18N4OS/c1-2-28-18-12-10-17(11-13-18)26-27-21(14-24)23-25-22(15-29-23)20-9-5-7-16-6-3-4-8-19(16)20/h3-13,15,26H,2H2,1H3/b27-21-. The Labute approximate surface area is 172 Å². The summed E-state index contributed by atoms with van der Waals surface area (Å²) >= 11 is 1.41. The van der Waals surface area contributed by atoms with Gasteiger partial charge >= 0.3 is 0 Å². The highest BCUT2D eigenvalue weighted by Gasteiger charge is 2.12. The summed E-state index contributed by atoms with van der Waals surface area (Å²) < 4.78 is 5.43. The fourth-order valence-electron chi connectivity index (χ4n) is 2.99. The van der Waals surface area contributed by atoms with Gasteiger partial charge in [0.2, 0.25) is 0 Å². The van der Waals surface area contributed by atoms with E-state index in [4.69, 9.17) is 4.74 Å². The number of benzene rings is 3. The van der Waals surface area contributed by atoms with Gasteiger partial charge in [0.15, 0.2) is 10.7 Å². The van der Waals surface area contributed by atoms with Crippen molar-refractivity contribution < 1.29 is 4.74 Å². The number of nitrogens with zero attached hydrogens (tertiary/aromatic N) is 3. The van der Waals surface area contributed by atoms with Gasteiger partial charge in [-0.05, 0) is 42.0 Å². The molecule has 1 N–H and O–H groups in total. The molecule has 1 aromatic heterocycles. The van der Waals surface area contributed by atoms with Gasteiger partial charge in [-0.3, -0.25) is 5.43 Å². The fraction of sp³-hybridized carbons (Fsp3) is 0.0870. The number of fused-ring (bicyclic) bond motifs is 1. The van der Waals surface area contributed by atoms with Crippen LogP contribution in [-0.4, -0.2) is 17.3 Å². The first-order valence-corrected chi connectivity index (χ1v) is 10.1. The summed E-state index contributed by atoms with van der Waals surface area (Å²) in [7, 11) is 0. The number of nitrogens with one attached hydrogen (secondary N) is 1. The normalized spacial score (nSPS) is 11.2. The quantitative estimate of drug-likeness (QED) is 0.334. The lowest BCUT2D eigenvalue weighted by molar-refractivity contribution is 0.340. The molecule has 0 saturated carbocycles. The van der Waals surface area contributed by atoms with Crippen LogP contribution in [0.2, 0.25) is 0 Å². The number of ether oxygens (including phenoxy) is 1. The van der Waals surface area contributed by atoms with E-state index >= 15 is 0 Å². The molecule has 0 aliphatic rings. The Morgan fingerprint density at radius 1 is 1.10 bits per heavy atom. The summed E-state index contributed by atoms with van der Waals surface area (Å²) in [5.41, 5.74) is 5.82. The molecule has 0 bridgehead atoms. The Bertz CT molecular complexity index is 1200. The summed E-state index contributed by atoms with van der Waals surface area (Å²) in [5.74, 6) is 0.794. The van der Waals surface area contributed by atoms with Gasteiger partial charge in [-0.2, -0.15) is 10.4 Å². The van der Waals surface area contributed by atoms with E-state index < -0.39 is 0 Å². The molecule has 0 unspecified atom stereocenters. The molecule has 0 aliphatic carbocycles. The van der Waals surface area contributed by atoms with Gasteiger partial charge in [0, 0.05) is 10.9 Å². The maximum atomic E-state index is 9.55. The van der Waals surface area contributed by atoms with Crippen LogP contribution in [0, 0.1) is 11.3 Å². The second-order valence-electron chi connectivity index (χ2n) is 6.21. The number of aromatic nitrogens is 1. The summed E-state index contributed by atoms with van der Waals surface area (Å²) in [6.45, 7) is 2.56. The van der Waals surface area contributed by atoms with E-state index in [0.717, 1.165) is 33.5 Å². The van der Waals surface area contributed by atoms with Crippen molar-refractivity contribution in [2.75, 3.05) is 12.0 Å². The largest absolute Gasteiger partial charge is 0.494 e. The zero-order chi connectivity index (χ0) is 20.1. The van der Waals surface area contributed by atoms with E-state index in [9.17, 15) is 5.26 Å². The van der Waals surface area contributed by atoms with Crippen molar-refractivity contribution in [3.63, 3.8) is 0 Å². The Balaban J connectivity index is 1.58. The number of hydrogen-bond acceptors (Lipinski definition) is 6. The van der Waals surface area contributed by atoms with Crippen molar-refractivity contribution in [2.24, 2.45) is 5.10 Å². The Morgan fingerprint density at radius 2 is 1.90 bits per heavy atom. The molecular formula is C23H18N4OS. The molecule has 4 aromatic rings. The predicted octanol–water partition coefficient (Wildman–Crippen LogP) is 5.70. The van der Waals surface area contributed by atoms with E-state index in [-0.39, 0.29) is 5.71 Å². The zero-order valence-electron chi connectivity index (χ0n) is 15.8. The second-order valence-corrected chi connectivity index (χ2v) is 7.06. The SMILES string of the molecule is CCOc1ccc(N/N=C(/C#N)c2nc(-c3cccc4ccccc34)cs2)cc1. The maximum absolute atomic E-state index is 9.55. The molecule has 0 amide bonds. The highest BCUT2D eigenvalue weighted by molar-refractivity contribution is 7.12. The molecule has 0 saturated heterocycles. The zero-order valence-corrected chi connectivity index (χ0v) is 16.6. The minimum Gasteiger partial charge on any atom is -0.494 e. The maximum Gasteiger partial charge on any atom is 0.196 e. The van der Waals surface area contributed by atoms with Gasteiger partial charge in [0.1, 0.15) is 11.8 Å². The fourth-order valence-corrected chi connectivity index (χ4v) is 3.75. The predicted molar refractivity (Wildman–Crippen MR) is 118 cm³/mol. The van der Waals surface area contributed by atoms with Gasteiger partial charge in [0.25, 0.3) is 0 Å². The van der Waals surface area contributed by atoms with E-state index in [1.165, 1.54) is 11.3 Å². The van der Waals surface area contributed by atoms with Crippen LogP contribution in [0.25, 0.3) is 22.0 Å². The molecule has 4 rings (SSSR count). The number of nitriles is 1. The molecule has 0 atom stereocenters. The highest BCUT2D eigenvalue weighted by atomic mass is 32.1. The van der Waals surface area contributed by atoms with E-state index in [2.05, 4.69) is 39.8 Å². The highest BCUT2D eigenvalue weighted by Crippen LogP contribution is 2.29. The third kappa shape index (κ3) is 4.10. The molecule has 0 radical (unpaired) electrons. The monoisotopic (exact) mass is 398 g/mol. The molecule has 29 heavy (non-hydrogen) atoms. The lowest BCUT2D eigenvalue weighted by atomic mass is 10.0. The van der Waals surface area contributed by atoms with Crippen molar-refractivity contribution in [3.05, 3.63) is 77.1 Å². The molecule has 5 nitrogen and oxygen atoms in total. The summed E-state index contributed by atoms with van der Waals surface area (Å²) in [4.78, 5) is 4.66. The van der Waals surface area contributed by atoms with E-state index in [1.54, 1.807) is 0 Å². The minimum atomic E-state index is 0.246. The molecule has 0 spiro atoms. The van der Waals surface area contributed by atoms with Crippen LogP contribution < -0.4 is 10.2 Å². The van der Waals surface area contributed by atoms with Crippen molar-refractivity contribution >= 4 is 33.5 Å². The molecule has 0 aliphatic heterocycles. The Kier molecular flexibility index (Phi) is 5.50. The number of hydrazone groups is 1. The van der Waals surface area contributed by atoms with Crippen molar-refractivity contribution in [3.8, 4) is 23.1 Å². The number of hydrogen-bond donors (Lipinski definition) is 1. The van der Waals surface area contributed by atoms with E-state index in [1.807, 2.05) is 60.8 Å². The van der Waals surface area contributed by atoms with Gasteiger partial charge in [-0.15, -0.1) is 11.3 Å². The lowest BCUT2D eigenvalue weighted by Gasteiger charge is -2.04. The van der Waals surface area contributed by atoms with Crippen molar-refractivity contribution in [2.45, 2.75) is 6.92 Å². The van der Waals surface area contributed by atoms with Crippen LogP contribution >= 0.6 is 11.3 Å². The summed E-state index contributed by atoms with van der Waals surface area (Å²) in [6.07, 6.45) is 0. The van der Waals surface area contributed by atoms with Gasteiger partial charge in [-0.1, -0.05) is 42.5 Å². The molecule has 3 aromatic carbocycles. The molecule has 1 heterocycles. The topological polar surface area (TPSA) is 70.3 Å². The van der Waals surface area contributed by atoms with Crippen LogP contribution in [0.15, 0.2) is 77.2 Å². The summed E-state index contributed by atoms with van der Waals surface area (Å²) in [5, 5.41) is 18.6. The van der Waals surface area contributed by atoms with Gasteiger partial charge in [-0.25, -0.2) is 4.98 Å². The lowest BCUT2D eigenvalue weighted by Crippen LogP contribution is -2.01. The van der Waals surface area contributed by atoms with E-state index in [0.29, 0.717) is 11.6 Å². The van der Waals surface area contributed by atoms with Crippen LogP contribution in [-0.2, 0) is 0 Å². The van der Waals surface area contributed by atoms with Crippen LogP contribution in [0.1, 0.15) is 11.9 Å². The van der Waals surface area contributed by atoms with Gasteiger partial charge in [0.05, 0.1) is 18.0 Å². The third-order valence-electron chi connectivity index (χ3n) is 4.34. The van der Waals surface area contributed by atoms with Crippen molar-refractivity contribution in [1.29, 1.82) is 5.26 Å². The molecular weight excluding hydrogens is 380 g/mol. The smallest absolute Gasteiger partial charge is 0.196 e. The minimum absolute atomic E-state index is 0.246. The number of rotatable bonds is 6. The number of anilines is 1. The second kappa shape index (κ2) is 8.55.